The van der Waals surface area contributed by atoms with Gasteiger partial charge in [-0.1, -0.05) is 74.5 Å². The maximum Gasteiger partial charge on any atom is 0.159 e. The highest BCUT2D eigenvalue weighted by Gasteiger charge is 2.13. The first-order chi connectivity index (χ1) is 13.2. The molecule has 4 aromatic rings. The molecule has 0 aliphatic rings. The van der Waals surface area contributed by atoms with Gasteiger partial charge in [-0.15, -0.1) is 0 Å². The van der Waals surface area contributed by atoms with Gasteiger partial charge in [0.15, 0.2) is 5.82 Å². The molecule has 4 rings (SSSR count). The van der Waals surface area contributed by atoms with Crippen LogP contribution in [0.2, 0.25) is 0 Å². The van der Waals surface area contributed by atoms with Crippen molar-refractivity contribution in [2.45, 2.75) is 19.8 Å². The lowest BCUT2D eigenvalue weighted by Crippen LogP contribution is -1.98. The molecule has 2 aromatic heterocycles. The van der Waals surface area contributed by atoms with Gasteiger partial charge in [0.2, 0.25) is 0 Å². The number of hydrogen-bond donors (Lipinski definition) is 0. The SMILES string of the molecule is CC(C)c1cnc(-c2ccnc(-c3ccccc3)n2)cc1-c1ccccc1. The largest absolute Gasteiger partial charge is 0.254 e. The molecule has 27 heavy (non-hydrogen) atoms. The highest BCUT2D eigenvalue weighted by Crippen LogP contribution is 2.31. The van der Waals surface area contributed by atoms with Gasteiger partial charge in [0, 0.05) is 18.0 Å². The molecule has 0 bridgehead atoms. The minimum atomic E-state index is 0.395. The molecule has 0 spiro atoms. The third-order valence-electron chi connectivity index (χ3n) is 4.59. The van der Waals surface area contributed by atoms with Crippen molar-refractivity contribution in [2.24, 2.45) is 0 Å². The molecule has 2 aromatic carbocycles. The quantitative estimate of drug-likeness (QED) is 0.453. The van der Waals surface area contributed by atoms with Gasteiger partial charge in [-0.25, -0.2) is 9.97 Å². The van der Waals surface area contributed by atoms with E-state index in [0.717, 1.165) is 17.0 Å². The Balaban J connectivity index is 1.81. The van der Waals surface area contributed by atoms with E-state index in [1.807, 2.05) is 48.7 Å². The van der Waals surface area contributed by atoms with Gasteiger partial charge in [-0.3, -0.25) is 4.98 Å². The average Bonchev–Trinajstić information content (AvgIpc) is 2.74. The molecule has 0 saturated carbocycles. The van der Waals surface area contributed by atoms with E-state index in [1.54, 1.807) is 6.20 Å². The van der Waals surface area contributed by atoms with Gasteiger partial charge in [0.25, 0.3) is 0 Å². The van der Waals surface area contributed by atoms with Crippen molar-refractivity contribution in [2.75, 3.05) is 0 Å². The Morgan fingerprint density at radius 2 is 1.37 bits per heavy atom. The van der Waals surface area contributed by atoms with Crippen LogP contribution in [0.4, 0.5) is 0 Å². The zero-order chi connectivity index (χ0) is 18.6. The molecule has 0 fully saturated rings. The highest BCUT2D eigenvalue weighted by molar-refractivity contribution is 5.73. The van der Waals surface area contributed by atoms with Crippen molar-refractivity contribution in [3.63, 3.8) is 0 Å². The minimum Gasteiger partial charge on any atom is -0.254 e. The van der Waals surface area contributed by atoms with Crippen molar-refractivity contribution >= 4 is 0 Å². The van der Waals surface area contributed by atoms with Crippen molar-refractivity contribution in [3.8, 4) is 33.9 Å². The first-order valence-corrected chi connectivity index (χ1v) is 9.16. The van der Waals surface area contributed by atoms with Crippen LogP contribution in [0.25, 0.3) is 33.9 Å². The standard InChI is InChI=1S/C24H21N3/c1-17(2)21-16-26-23(15-20(21)18-9-5-3-6-10-18)22-13-14-25-24(27-22)19-11-7-4-8-12-19/h3-17H,1-2H3. The van der Waals surface area contributed by atoms with Crippen LogP contribution in [-0.4, -0.2) is 15.0 Å². The fourth-order valence-corrected chi connectivity index (χ4v) is 3.16. The van der Waals surface area contributed by atoms with Crippen LogP contribution in [-0.2, 0) is 0 Å². The fourth-order valence-electron chi connectivity index (χ4n) is 3.16. The summed E-state index contributed by atoms with van der Waals surface area (Å²) in [7, 11) is 0. The molecule has 0 N–H and O–H groups in total. The summed E-state index contributed by atoms with van der Waals surface area (Å²) < 4.78 is 0. The molecular formula is C24H21N3. The summed E-state index contributed by atoms with van der Waals surface area (Å²) in [5.74, 6) is 1.11. The molecule has 0 amide bonds. The summed E-state index contributed by atoms with van der Waals surface area (Å²) in [5.41, 5.74) is 6.33. The molecule has 132 valence electrons. The summed E-state index contributed by atoms with van der Waals surface area (Å²) in [5, 5.41) is 0. The molecular weight excluding hydrogens is 330 g/mol. The van der Waals surface area contributed by atoms with E-state index in [1.165, 1.54) is 16.7 Å². The maximum atomic E-state index is 4.75. The number of rotatable bonds is 4. The highest BCUT2D eigenvalue weighted by atomic mass is 14.9. The van der Waals surface area contributed by atoms with E-state index in [0.29, 0.717) is 11.7 Å². The summed E-state index contributed by atoms with van der Waals surface area (Å²) in [4.78, 5) is 13.9. The summed E-state index contributed by atoms with van der Waals surface area (Å²) >= 11 is 0. The molecule has 0 saturated heterocycles. The van der Waals surface area contributed by atoms with Gasteiger partial charge < -0.3 is 0 Å². The van der Waals surface area contributed by atoms with E-state index < -0.39 is 0 Å². The monoisotopic (exact) mass is 351 g/mol. The predicted octanol–water partition coefficient (Wildman–Crippen LogP) is 6.00. The number of nitrogens with zero attached hydrogens (tertiary/aromatic N) is 3. The predicted molar refractivity (Wildman–Crippen MR) is 110 cm³/mol. The van der Waals surface area contributed by atoms with E-state index >= 15 is 0 Å². The lowest BCUT2D eigenvalue weighted by Gasteiger charge is -2.14. The Labute approximate surface area is 159 Å². The second kappa shape index (κ2) is 7.50. The van der Waals surface area contributed by atoms with Crippen LogP contribution in [0.3, 0.4) is 0 Å². The van der Waals surface area contributed by atoms with Crippen molar-refractivity contribution in [1.82, 2.24) is 15.0 Å². The molecule has 0 radical (unpaired) electrons. The average molecular weight is 351 g/mol. The molecule has 0 unspecified atom stereocenters. The van der Waals surface area contributed by atoms with Crippen LogP contribution in [0.5, 0.6) is 0 Å². The summed E-state index contributed by atoms with van der Waals surface area (Å²) in [6.07, 6.45) is 3.78. The lowest BCUT2D eigenvalue weighted by molar-refractivity contribution is 0.861. The van der Waals surface area contributed by atoms with E-state index in [2.05, 4.69) is 49.2 Å². The van der Waals surface area contributed by atoms with Gasteiger partial charge in [-0.2, -0.15) is 0 Å². The Morgan fingerprint density at radius 3 is 2.04 bits per heavy atom. The molecule has 2 heterocycles. The normalized spacial score (nSPS) is 10.9. The van der Waals surface area contributed by atoms with Gasteiger partial charge in [-0.05, 0) is 34.7 Å². The first-order valence-electron chi connectivity index (χ1n) is 9.16. The Bertz CT molecular complexity index is 1040. The number of pyridine rings is 1. The smallest absolute Gasteiger partial charge is 0.159 e. The van der Waals surface area contributed by atoms with E-state index in [-0.39, 0.29) is 0 Å². The number of benzene rings is 2. The van der Waals surface area contributed by atoms with Crippen LogP contribution >= 0.6 is 0 Å². The topological polar surface area (TPSA) is 38.7 Å². The van der Waals surface area contributed by atoms with Crippen LogP contribution in [0, 0.1) is 0 Å². The van der Waals surface area contributed by atoms with Crippen molar-refractivity contribution < 1.29 is 0 Å². The minimum absolute atomic E-state index is 0.395. The van der Waals surface area contributed by atoms with Gasteiger partial charge in [0.1, 0.15) is 0 Å². The summed E-state index contributed by atoms with van der Waals surface area (Å²) in [6.45, 7) is 4.39. The molecule has 0 aliphatic carbocycles. The third kappa shape index (κ3) is 3.63. The van der Waals surface area contributed by atoms with E-state index in [4.69, 9.17) is 9.97 Å². The first kappa shape index (κ1) is 17.1. The zero-order valence-electron chi connectivity index (χ0n) is 15.5. The lowest BCUT2D eigenvalue weighted by atomic mass is 9.93. The van der Waals surface area contributed by atoms with Crippen molar-refractivity contribution in [3.05, 3.63) is 90.8 Å². The molecule has 0 atom stereocenters. The third-order valence-corrected chi connectivity index (χ3v) is 4.59. The van der Waals surface area contributed by atoms with Crippen LogP contribution < -0.4 is 0 Å². The summed E-state index contributed by atoms with van der Waals surface area (Å²) in [6, 6.07) is 24.5. The molecule has 3 heteroatoms. The van der Waals surface area contributed by atoms with Crippen molar-refractivity contribution in [1.29, 1.82) is 0 Å². The van der Waals surface area contributed by atoms with E-state index in [9.17, 15) is 0 Å². The maximum absolute atomic E-state index is 4.75. The van der Waals surface area contributed by atoms with Crippen LogP contribution in [0.15, 0.2) is 85.2 Å². The molecule has 3 nitrogen and oxygen atoms in total. The van der Waals surface area contributed by atoms with Gasteiger partial charge in [0.05, 0.1) is 11.4 Å². The zero-order valence-corrected chi connectivity index (χ0v) is 15.5. The van der Waals surface area contributed by atoms with Gasteiger partial charge >= 0.3 is 0 Å². The Kier molecular flexibility index (Phi) is 4.75. The second-order valence-electron chi connectivity index (χ2n) is 6.81. The fraction of sp³-hybridized carbons (Fsp3) is 0.125. The molecule has 0 aliphatic heterocycles. The number of hydrogen-bond acceptors (Lipinski definition) is 3. The number of aromatic nitrogens is 3. The Hall–Kier alpha value is -3.33. The van der Waals surface area contributed by atoms with Crippen LogP contribution in [0.1, 0.15) is 25.3 Å². The Morgan fingerprint density at radius 1 is 0.704 bits per heavy atom. The second-order valence-corrected chi connectivity index (χ2v) is 6.81.